The SMILES string of the molecule is C=CC(=O)Nc1cccc(Oc2cc(Nc3cc4c(cc3C)CN(C)CC4)[nH]n2)c1. The second kappa shape index (κ2) is 8.42. The molecule has 0 bridgehead atoms. The summed E-state index contributed by atoms with van der Waals surface area (Å²) in [6.45, 7) is 7.62. The minimum absolute atomic E-state index is 0.273. The number of fused-ring (bicyclic) bond motifs is 1. The van der Waals surface area contributed by atoms with E-state index in [0.29, 0.717) is 17.3 Å². The first-order chi connectivity index (χ1) is 14.5. The van der Waals surface area contributed by atoms with E-state index in [4.69, 9.17) is 4.74 Å². The average Bonchev–Trinajstić information content (AvgIpc) is 3.15. The standard InChI is InChI=1S/C23H25N5O2/c1-4-22(29)24-18-6-5-7-19(12-18)30-23-13-21(26-27-23)25-20-11-16-8-9-28(3)14-17(16)10-15(20)2/h4-7,10-13H,1,8-9,14H2,2-3H3,(H,24,29)(H2,25,26,27). The van der Waals surface area contributed by atoms with Gasteiger partial charge in [-0.15, -0.1) is 5.10 Å². The van der Waals surface area contributed by atoms with Crippen molar-refractivity contribution in [2.75, 3.05) is 24.2 Å². The summed E-state index contributed by atoms with van der Waals surface area (Å²) < 4.78 is 5.82. The molecule has 0 unspecified atom stereocenters. The van der Waals surface area contributed by atoms with Crippen LogP contribution >= 0.6 is 0 Å². The zero-order valence-electron chi connectivity index (χ0n) is 17.2. The predicted molar refractivity (Wildman–Crippen MR) is 118 cm³/mol. The Bertz CT molecular complexity index is 1090. The third kappa shape index (κ3) is 4.52. The third-order valence-electron chi connectivity index (χ3n) is 5.08. The van der Waals surface area contributed by atoms with Crippen molar-refractivity contribution in [1.29, 1.82) is 0 Å². The zero-order chi connectivity index (χ0) is 21.1. The van der Waals surface area contributed by atoms with Crippen molar-refractivity contribution in [3.63, 3.8) is 0 Å². The lowest BCUT2D eigenvalue weighted by molar-refractivity contribution is -0.111. The van der Waals surface area contributed by atoms with Crippen LogP contribution < -0.4 is 15.4 Å². The van der Waals surface area contributed by atoms with Crippen LogP contribution in [0.3, 0.4) is 0 Å². The minimum atomic E-state index is -0.273. The Labute approximate surface area is 175 Å². The fraction of sp³-hybridized carbons (Fsp3) is 0.217. The smallest absolute Gasteiger partial charge is 0.247 e. The molecule has 0 aliphatic carbocycles. The molecule has 4 rings (SSSR count). The molecular formula is C23H25N5O2. The fourth-order valence-corrected chi connectivity index (χ4v) is 3.52. The number of hydrogen-bond acceptors (Lipinski definition) is 5. The number of H-pyrrole nitrogens is 1. The first-order valence-corrected chi connectivity index (χ1v) is 9.85. The van der Waals surface area contributed by atoms with Crippen LogP contribution in [0.1, 0.15) is 16.7 Å². The van der Waals surface area contributed by atoms with Gasteiger partial charge in [-0.2, -0.15) is 0 Å². The number of benzene rings is 2. The number of nitrogens with one attached hydrogen (secondary N) is 3. The molecule has 0 saturated carbocycles. The van der Waals surface area contributed by atoms with Crippen LogP contribution in [0.25, 0.3) is 0 Å². The first kappa shape index (κ1) is 19.7. The van der Waals surface area contributed by atoms with E-state index < -0.39 is 0 Å². The van der Waals surface area contributed by atoms with Gasteiger partial charge in [0.1, 0.15) is 11.6 Å². The number of ether oxygens (including phenoxy) is 1. The quantitative estimate of drug-likeness (QED) is 0.533. The summed E-state index contributed by atoms with van der Waals surface area (Å²) in [7, 11) is 2.15. The summed E-state index contributed by atoms with van der Waals surface area (Å²) in [5.41, 5.74) is 5.65. The fourth-order valence-electron chi connectivity index (χ4n) is 3.52. The number of rotatable bonds is 6. The molecule has 0 fully saturated rings. The van der Waals surface area contributed by atoms with Crippen LogP contribution in [-0.4, -0.2) is 34.6 Å². The van der Waals surface area contributed by atoms with Gasteiger partial charge in [-0.1, -0.05) is 18.7 Å². The van der Waals surface area contributed by atoms with E-state index in [1.807, 2.05) is 6.07 Å². The number of aromatic amines is 1. The summed E-state index contributed by atoms with van der Waals surface area (Å²) in [5.74, 6) is 1.48. The maximum absolute atomic E-state index is 11.5. The molecule has 0 radical (unpaired) electrons. The monoisotopic (exact) mass is 403 g/mol. The highest BCUT2D eigenvalue weighted by Gasteiger charge is 2.15. The van der Waals surface area contributed by atoms with Gasteiger partial charge >= 0.3 is 0 Å². The van der Waals surface area contributed by atoms with Crippen LogP contribution in [0, 0.1) is 6.92 Å². The van der Waals surface area contributed by atoms with Crippen LogP contribution in [0.2, 0.25) is 0 Å². The van der Waals surface area contributed by atoms with Crippen LogP contribution in [0.4, 0.5) is 17.2 Å². The van der Waals surface area contributed by atoms with Crippen molar-refractivity contribution in [3.8, 4) is 11.6 Å². The summed E-state index contributed by atoms with van der Waals surface area (Å²) in [5, 5.41) is 13.3. The molecule has 1 amide bonds. The van der Waals surface area contributed by atoms with E-state index in [0.717, 1.165) is 31.0 Å². The zero-order valence-corrected chi connectivity index (χ0v) is 17.2. The van der Waals surface area contributed by atoms with E-state index in [2.05, 4.69) is 58.4 Å². The summed E-state index contributed by atoms with van der Waals surface area (Å²) >= 11 is 0. The van der Waals surface area contributed by atoms with Crippen molar-refractivity contribution in [2.24, 2.45) is 0 Å². The highest BCUT2D eigenvalue weighted by atomic mass is 16.5. The van der Waals surface area contributed by atoms with Crippen LogP contribution in [0.5, 0.6) is 11.6 Å². The van der Waals surface area contributed by atoms with E-state index in [-0.39, 0.29) is 5.91 Å². The minimum Gasteiger partial charge on any atom is -0.437 e. The molecule has 1 aliphatic heterocycles. The van der Waals surface area contributed by atoms with Crippen molar-refractivity contribution < 1.29 is 9.53 Å². The lowest BCUT2D eigenvalue weighted by Crippen LogP contribution is -2.26. The largest absolute Gasteiger partial charge is 0.437 e. The number of carbonyl (C=O) groups is 1. The lowest BCUT2D eigenvalue weighted by Gasteiger charge is -2.26. The molecule has 7 heteroatoms. The van der Waals surface area contributed by atoms with Gasteiger partial charge in [-0.3, -0.25) is 9.89 Å². The van der Waals surface area contributed by atoms with Gasteiger partial charge in [0.15, 0.2) is 0 Å². The molecule has 7 nitrogen and oxygen atoms in total. The van der Waals surface area contributed by atoms with E-state index >= 15 is 0 Å². The Morgan fingerprint density at radius 2 is 2.13 bits per heavy atom. The molecule has 30 heavy (non-hydrogen) atoms. The first-order valence-electron chi connectivity index (χ1n) is 9.85. The number of hydrogen-bond donors (Lipinski definition) is 3. The number of carbonyl (C=O) groups excluding carboxylic acids is 1. The van der Waals surface area contributed by atoms with Gasteiger partial charge in [-0.05, 0) is 61.4 Å². The molecule has 0 spiro atoms. The Kier molecular flexibility index (Phi) is 5.54. The van der Waals surface area contributed by atoms with Crippen LogP contribution in [-0.2, 0) is 17.8 Å². The van der Waals surface area contributed by atoms with E-state index in [1.54, 1.807) is 24.3 Å². The molecule has 3 N–H and O–H groups in total. The van der Waals surface area contributed by atoms with Gasteiger partial charge in [0.25, 0.3) is 0 Å². The van der Waals surface area contributed by atoms with Crippen molar-refractivity contribution in [3.05, 3.63) is 71.8 Å². The maximum atomic E-state index is 11.5. The molecule has 2 aromatic carbocycles. The molecule has 0 saturated heterocycles. The number of anilines is 3. The van der Waals surface area contributed by atoms with Crippen molar-refractivity contribution in [2.45, 2.75) is 19.9 Å². The second-order valence-corrected chi connectivity index (χ2v) is 7.49. The van der Waals surface area contributed by atoms with E-state index in [1.165, 1.54) is 22.8 Å². The summed E-state index contributed by atoms with van der Waals surface area (Å²) in [6.07, 6.45) is 2.27. The Balaban J connectivity index is 1.46. The number of likely N-dealkylation sites (N-methyl/N-ethyl adjacent to an activating group) is 1. The van der Waals surface area contributed by atoms with Crippen molar-refractivity contribution in [1.82, 2.24) is 15.1 Å². The normalized spacial score (nSPS) is 13.4. The van der Waals surface area contributed by atoms with Crippen molar-refractivity contribution >= 4 is 23.1 Å². The summed E-state index contributed by atoms with van der Waals surface area (Å²) in [6, 6.07) is 13.4. The van der Waals surface area contributed by atoms with E-state index in [9.17, 15) is 4.79 Å². The Morgan fingerprint density at radius 3 is 2.97 bits per heavy atom. The Morgan fingerprint density at radius 1 is 1.27 bits per heavy atom. The van der Waals surface area contributed by atoms with Gasteiger partial charge < -0.3 is 20.3 Å². The molecule has 154 valence electrons. The number of aromatic nitrogens is 2. The topological polar surface area (TPSA) is 82.3 Å². The Hall–Kier alpha value is -3.58. The lowest BCUT2D eigenvalue weighted by atomic mass is 9.96. The van der Waals surface area contributed by atoms with Gasteiger partial charge in [0, 0.05) is 36.6 Å². The summed E-state index contributed by atoms with van der Waals surface area (Å²) in [4.78, 5) is 13.8. The second-order valence-electron chi connectivity index (χ2n) is 7.49. The van der Waals surface area contributed by atoms with Gasteiger partial charge in [0.2, 0.25) is 11.8 Å². The molecule has 3 aromatic rings. The highest BCUT2D eigenvalue weighted by Crippen LogP contribution is 2.29. The molecule has 2 heterocycles. The molecule has 1 aliphatic rings. The van der Waals surface area contributed by atoms with Crippen LogP contribution in [0.15, 0.2) is 55.1 Å². The average molecular weight is 403 g/mol. The molecule has 0 atom stereocenters. The molecule has 1 aromatic heterocycles. The number of aryl methyl sites for hydroxylation is 1. The predicted octanol–water partition coefficient (Wildman–Crippen LogP) is 4.37. The molecular weight excluding hydrogens is 378 g/mol. The number of nitrogens with zero attached hydrogens (tertiary/aromatic N) is 2. The highest BCUT2D eigenvalue weighted by molar-refractivity contribution is 5.98. The third-order valence-corrected chi connectivity index (χ3v) is 5.08. The maximum Gasteiger partial charge on any atom is 0.247 e. The van der Waals surface area contributed by atoms with Gasteiger partial charge in [-0.25, -0.2) is 0 Å². The van der Waals surface area contributed by atoms with Gasteiger partial charge in [0.05, 0.1) is 0 Å². The number of amides is 1.